The van der Waals surface area contributed by atoms with E-state index in [0.29, 0.717) is 12.0 Å². The number of carbonyl (C=O) groups is 1. The van der Waals surface area contributed by atoms with Crippen LogP contribution in [0.25, 0.3) is 0 Å². The van der Waals surface area contributed by atoms with Gasteiger partial charge in [0.05, 0.1) is 20.3 Å². The third-order valence-corrected chi connectivity index (χ3v) is 4.44. The van der Waals surface area contributed by atoms with Crippen LogP contribution in [0, 0.1) is 6.92 Å². The topological polar surface area (TPSA) is 47.6 Å². The van der Waals surface area contributed by atoms with Gasteiger partial charge in [-0.2, -0.15) is 0 Å². The molecule has 1 amide bonds. The molecule has 0 bridgehead atoms. The SMILES string of the molecule is C=CCc1cc(C(=O)N[C@H](CC)c2ccc(OC)c(C)c2)ccc1OC. The molecule has 26 heavy (non-hydrogen) atoms. The molecule has 2 aromatic rings. The number of hydrogen-bond acceptors (Lipinski definition) is 3. The second kappa shape index (κ2) is 9.09. The normalized spacial score (nSPS) is 11.5. The molecule has 4 nitrogen and oxygen atoms in total. The van der Waals surface area contributed by atoms with Crippen LogP contribution >= 0.6 is 0 Å². The summed E-state index contributed by atoms with van der Waals surface area (Å²) < 4.78 is 10.7. The van der Waals surface area contributed by atoms with Gasteiger partial charge in [0.2, 0.25) is 0 Å². The first-order chi connectivity index (χ1) is 12.5. The van der Waals surface area contributed by atoms with Gasteiger partial charge >= 0.3 is 0 Å². The number of benzene rings is 2. The molecule has 0 aliphatic rings. The summed E-state index contributed by atoms with van der Waals surface area (Å²) >= 11 is 0. The van der Waals surface area contributed by atoms with Crippen LogP contribution in [0.4, 0.5) is 0 Å². The minimum atomic E-state index is -0.0988. The predicted molar refractivity (Wildman–Crippen MR) is 105 cm³/mol. The Hall–Kier alpha value is -2.75. The first-order valence-corrected chi connectivity index (χ1v) is 8.77. The molecular formula is C22H27NO3. The Kier molecular flexibility index (Phi) is 6.84. The molecule has 0 aromatic heterocycles. The third-order valence-electron chi connectivity index (χ3n) is 4.44. The maximum absolute atomic E-state index is 12.7. The zero-order valence-electron chi connectivity index (χ0n) is 16.0. The molecule has 0 heterocycles. The zero-order chi connectivity index (χ0) is 19.1. The van der Waals surface area contributed by atoms with E-state index in [1.807, 2.05) is 31.2 Å². The first kappa shape index (κ1) is 19.6. The maximum atomic E-state index is 12.7. The fourth-order valence-corrected chi connectivity index (χ4v) is 3.02. The quantitative estimate of drug-likeness (QED) is 0.704. The minimum absolute atomic E-state index is 0.0583. The van der Waals surface area contributed by atoms with Gasteiger partial charge in [0.15, 0.2) is 0 Å². The van der Waals surface area contributed by atoms with Crippen LogP contribution in [0.1, 0.15) is 46.4 Å². The van der Waals surface area contributed by atoms with Crippen LogP contribution in [0.15, 0.2) is 49.1 Å². The van der Waals surface area contributed by atoms with Crippen molar-refractivity contribution in [3.63, 3.8) is 0 Å². The molecule has 2 aromatic carbocycles. The molecule has 0 radical (unpaired) electrons. The van der Waals surface area contributed by atoms with Crippen molar-refractivity contribution >= 4 is 5.91 Å². The van der Waals surface area contributed by atoms with Crippen LogP contribution in [0.5, 0.6) is 11.5 Å². The highest BCUT2D eigenvalue weighted by atomic mass is 16.5. The molecular weight excluding hydrogens is 326 g/mol. The van der Waals surface area contributed by atoms with Gasteiger partial charge in [-0.3, -0.25) is 4.79 Å². The molecule has 138 valence electrons. The highest BCUT2D eigenvalue weighted by Crippen LogP contribution is 2.25. The van der Waals surface area contributed by atoms with E-state index in [0.717, 1.165) is 34.6 Å². The van der Waals surface area contributed by atoms with Gasteiger partial charge in [-0.1, -0.05) is 25.1 Å². The molecule has 0 aliphatic carbocycles. The molecule has 1 atom stereocenters. The second-order valence-electron chi connectivity index (χ2n) is 6.18. The van der Waals surface area contributed by atoms with Crippen molar-refractivity contribution in [2.45, 2.75) is 32.7 Å². The summed E-state index contributed by atoms with van der Waals surface area (Å²) in [4.78, 5) is 12.7. The Morgan fingerprint density at radius 2 is 1.85 bits per heavy atom. The van der Waals surface area contributed by atoms with Crippen molar-refractivity contribution < 1.29 is 14.3 Å². The van der Waals surface area contributed by atoms with Crippen molar-refractivity contribution in [3.05, 3.63) is 71.3 Å². The summed E-state index contributed by atoms with van der Waals surface area (Å²) in [6, 6.07) is 11.4. The summed E-state index contributed by atoms with van der Waals surface area (Å²) in [6.07, 6.45) is 3.25. The Bertz CT molecular complexity index is 783. The van der Waals surface area contributed by atoms with Crippen molar-refractivity contribution in [2.75, 3.05) is 14.2 Å². The molecule has 0 fully saturated rings. The average Bonchev–Trinajstić information content (AvgIpc) is 2.66. The summed E-state index contributed by atoms with van der Waals surface area (Å²) in [5.74, 6) is 1.51. The predicted octanol–water partition coefficient (Wildman–Crippen LogP) is 4.62. The second-order valence-corrected chi connectivity index (χ2v) is 6.18. The highest BCUT2D eigenvalue weighted by Gasteiger charge is 2.16. The Labute approximate surface area is 155 Å². The van der Waals surface area contributed by atoms with Gasteiger partial charge in [0.1, 0.15) is 11.5 Å². The van der Waals surface area contributed by atoms with Crippen molar-refractivity contribution in [2.24, 2.45) is 0 Å². The van der Waals surface area contributed by atoms with E-state index in [1.54, 1.807) is 26.4 Å². The Morgan fingerprint density at radius 1 is 1.15 bits per heavy atom. The molecule has 0 unspecified atom stereocenters. The molecule has 0 spiro atoms. The van der Waals surface area contributed by atoms with Crippen molar-refractivity contribution in [1.29, 1.82) is 0 Å². The van der Waals surface area contributed by atoms with Gasteiger partial charge in [-0.05, 0) is 60.7 Å². The van der Waals surface area contributed by atoms with E-state index in [2.05, 4.69) is 24.9 Å². The zero-order valence-corrected chi connectivity index (χ0v) is 16.0. The third kappa shape index (κ3) is 4.45. The summed E-state index contributed by atoms with van der Waals surface area (Å²) in [6.45, 7) is 7.82. The fraction of sp³-hybridized carbons (Fsp3) is 0.318. The van der Waals surface area contributed by atoms with E-state index in [9.17, 15) is 4.79 Å². The number of methoxy groups -OCH3 is 2. The number of carbonyl (C=O) groups excluding carboxylic acids is 1. The number of ether oxygens (including phenoxy) is 2. The molecule has 1 N–H and O–H groups in total. The summed E-state index contributed by atoms with van der Waals surface area (Å²) in [5.41, 5.74) is 3.68. The standard InChI is InChI=1S/C22H27NO3/c1-6-8-17-14-18(10-12-21(17)26-5)22(24)23-19(7-2)16-9-11-20(25-4)15(3)13-16/h6,9-14,19H,1,7-8H2,2-5H3,(H,23,24)/t19-/m1/s1. The van der Waals surface area contributed by atoms with E-state index >= 15 is 0 Å². The number of hydrogen-bond donors (Lipinski definition) is 1. The molecule has 0 saturated heterocycles. The first-order valence-electron chi connectivity index (χ1n) is 8.77. The lowest BCUT2D eigenvalue weighted by molar-refractivity contribution is 0.0935. The number of allylic oxidation sites excluding steroid dienone is 1. The average molecular weight is 353 g/mol. The van der Waals surface area contributed by atoms with Crippen LogP contribution in [0.3, 0.4) is 0 Å². The van der Waals surface area contributed by atoms with Gasteiger partial charge in [0, 0.05) is 5.56 Å². The molecule has 4 heteroatoms. The fourth-order valence-electron chi connectivity index (χ4n) is 3.02. The van der Waals surface area contributed by atoms with Crippen LogP contribution in [-0.4, -0.2) is 20.1 Å². The van der Waals surface area contributed by atoms with Gasteiger partial charge in [-0.15, -0.1) is 6.58 Å². The number of rotatable bonds is 8. The Morgan fingerprint density at radius 3 is 2.42 bits per heavy atom. The lowest BCUT2D eigenvalue weighted by atomic mass is 10.0. The minimum Gasteiger partial charge on any atom is -0.496 e. The maximum Gasteiger partial charge on any atom is 0.251 e. The van der Waals surface area contributed by atoms with Gasteiger partial charge in [-0.25, -0.2) is 0 Å². The van der Waals surface area contributed by atoms with Crippen LogP contribution in [0.2, 0.25) is 0 Å². The molecule has 0 saturated carbocycles. The number of nitrogens with one attached hydrogen (secondary N) is 1. The highest BCUT2D eigenvalue weighted by molar-refractivity contribution is 5.94. The van der Waals surface area contributed by atoms with E-state index < -0.39 is 0 Å². The van der Waals surface area contributed by atoms with Crippen LogP contribution in [-0.2, 0) is 6.42 Å². The lowest BCUT2D eigenvalue weighted by Gasteiger charge is -2.19. The molecule has 2 rings (SSSR count). The van der Waals surface area contributed by atoms with E-state index in [4.69, 9.17) is 9.47 Å². The largest absolute Gasteiger partial charge is 0.496 e. The monoisotopic (exact) mass is 353 g/mol. The van der Waals surface area contributed by atoms with E-state index in [-0.39, 0.29) is 11.9 Å². The summed E-state index contributed by atoms with van der Waals surface area (Å²) in [7, 11) is 3.28. The van der Waals surface area contributed by atoms with Gasteiger partial charge in [0.25, 0.3) is 5.91 Å². The van der Waals surface area contributed by atoms with Crippen LogP contribution < -0.4 is 14.8 Å². The van der Waals surface area contributed by atoms with Crippen molar-refractivity contribution in [1.82, 2.24) is 5.32 Å². The lowest BCUT2D eigenvalue weighted by Crippen LogP contribution is -2.28. The Balaban J connectivity index is 2.22. The number of aryl methyl sites for hydroxylation is 1. The number of amides is 1. The summed E-state index contributed by atoms with van der Waals surface area (Å²) in [5, 5.41) is 3.12. The smallest absolute Gasteiger partial charge is 0.251 e. The van der Waals surface area contributed by atoms with E-state index in [1.165, 1.54) is 0 Å². The van der Waals surface area contributed by atoms with Gasteiger partial charge < -0.3 is 14.8 Å². The molecule has 0 aliphatic heterocycles. The van der Waals surface area contributed by atoms with Crippen molar-refractivity contribution in [3.8, 4) is 11.5 Å².